The second kappa shape index (κ2) is 6.44. The third kappa shape index (κ3) is 5.04. The summed E-state index contributed by atoms with van der Waals surface area (Å²) in [7, 11) is 0. The van der Waals surface area contributed by atoms with Gasteiger partial charge >= 0.3 is 6.03 Å². The molecule has 6 nitrogen and oxygen atoms in total. The van der Waals surface area contributed by atoms with Crippen LogP contribution in [0.3, 0.4) is 0 Å². The van der Waals surface area contributed by atoms with Crippen LogP contribution in [-0.2, 0) is 4.79 Å². The third-order valence-electron chi connectivity index (χ3n) is 2.64. The van der Waals surface area contributed by atoms with Crippen molar-refractivity contribution in [1.82, 2.24) is 16.0 Å². The van der Waals surface area contributed by atoms with E-state index in [-0.39, 0.29) is 18.1 Å². The molecule has 0 aromatic carbocycles. The van der Waals surface area contributed by atoms with E-state index in [1.54, 1.807) is 0 Å². The molecule has 17 heavy (non-hydrogen) atoms. The Labute approximate surface area is 102 Å². The van der Waals surface area contributed by atoms with E-state index in [2.05, 4.69) is 16.0 Å². The summed E-state index contributed by atoms with van der Waals surface area (Å²) in [5.41, 5.74) is 5.71. The van der Waals surface area contributed by atoms with Gasteiger partial charge in [-0.15, -0.1) is 0 Å². The van der Waals surface area contributed by atoms with E-state index in [4.69, 9.17) is 5.73 Å². The van der Waals surface area contributed by atoms with Crippen molar-refractivity contribution in [2.75, 3.05) is 6.54 Å². The van der Waals surface area contributed by atoms with Crippen LogP contribution in [0.25, 0.3) is 0 Å². The first-order valence-corrected chi connectivity index (χ1v) is 6.09. The van der Waals surface area contributed by atoms with Crippen molar-refractivity contribution in [3.05, 3.63) is 0 Å². The smallest absolute Gasteiger partial charge is 0.316 e. The number of urea groups is 1. The van der Waals surface area contributed by atoms with Gasteiger partial charge < -0.3 is 21.7 Å². The minimum Gasteiger partial charge on any atom is -0.354 e. The SMILES string of the molecule is CC(C)CC1NC(=O)NC(N)CCCNC1=O. The maximum absolute atomic E-state index is 11.8. The van der Waals surface area contributed by atoms with Gasteiger partial charge in [-0.05, 0) is 25.2 Å². The summed E-state index contributed by atoms with van der Waals surface area (Å²) in [5.74, 6) is 0.215. The Morgan fingerprint density at radius 1 is 1.35 bits per heavy atom. The normalized spacial score (nSPS) is 27.1. The Morgan fingerprint density at radius 3 is 2.71 bits per heavy atom. The summed E-state index contributed by atoms with van der Waals surface area (Å²) in [4.78, 5) is 23.4. The molecule has 0 aromatic rings. The van der Waals surface area contributed by atoms with Crippen molar-refractivity contribution in [3.63, 3.8) is 0 Å². The molecule has 1 aliphatic heterocycles. The summed E-state index contributed by atoms with van der Waals surface area (Å²) in [6, 6.07) is -0.861. The summed E-state index contributed by atoms with van der Waals surface area (Å²) in [6.45, 7) is 4.62. The number of hydrogen-bond acceptors (Lipinski definition) is 3. The first-order valence-electron chi connectivity index (χ1n) is 6.09. The third-order valence-corrected chi connectivity index (χ3v) is 2.64. The van der Waals surface area contributed by atoms with Gasteiger partial charge in [0.15, 0.2) is 0 Å². The lowest BCUT2D eigenvalue weighted by atomic mass is 10.0. The monoisotopic (exact) mass is 242 g/mol. The molecule has 0 aliphatic carbocycles. The van der Waals surface area contributed by atoms with Crippen molar-refractivity contribution in [2.45, 2.75) is 45.3 Å². The number of carbonyl (C=O) groups is 2. The fraction of sp³-hybridized carbons (Fsp3) is 0.818. The molecule has 6 heteroatoms. The number of nitrogens with two attached hydrogens (primary N) is 1. The van der Waals surface area contributed by atoms with Gasteiger partial charge in [0.1, 0.15) is 6.04 Å². The average Bonchev–Trinajstić information content (AvgIpc) is 2.21. The molecule has 98 valence electrons. The predicted octanol–water partition coefficient (Wildman–Crippen LogP) is -0.105. The minimum absolute atomic E-state index is 0.121. The van der Waals surface area contributed by atoms with Gasteiger partial charge in [0.05, 0.1) is 6.17 Å². The summed E-state index contributed by atoms with van der Waals surface area (Å²) < 4.78 is 0. The minimum atomic E-state index is -0.486. The zero-order valence-corrected chi connectivity index (χ0v) is 10.5. The van der Waals surface area contributed by atoms with Crippen molar-refractivity contribution >= 4 is 11.9 Å². The zero-order valence-electron chi connectivity index (χ0n) is 10.5. The summed E-state index contributed by atoms with van der Waals surface area (Å²) >= 11 is 0. The van der Waals surface area contributed by atoms with Crippen LogP contribution in [0.2, 0.25) is 0 Å². The van der Waals surface area contributed by atoms with Gasteiger partial charge in [0.2, 0.25) is 5.91 Å². The number of rotatable bonds is 2. The van der Waals surface area contributed by atoms with Crippen molar-refractivity contribution in [2.24, 2.45) is 11.7 Å². The highest BCUT2D eigenvalue weighted by Crippen LogP contribution is 2.06. The molecule has 1 rings (SSSR count). The predicted molar refractivity (Wildman–Crippen MR) is 65.1 cm³/mol. The Morgan fingerprint density at radius 2 is 2.06 bits per heavy atom. The molecule has 0 spiro atoms. The molecule has 2 unspecified atom stereocenters. The Bertz CT molecular complexity index is 281. The Hall–Kier alpha value is -1.30. The van der Waals surface area contributed by atoms with Crippen molar-refractivity contribution < 1.29 is 9.59 Å². The van der Waals surface area contributed by atoms with E-state index < -0.39 is 6.04 Å². The van der Waals surface area contributed by atoms with Gasteiger partial charge in [0.25, 0.3) is 0 Å². The number of carbonyl (C=O) groups excluding carboxylic acids is 2. The molecule has 1 saturated heterocycles. The molecular weight excluding hydrogens is 220 g/mol. The molecule has 0 bridgehead atoms. The van der Waals surface area contributed by atoms with Gasteiger partial charge in [0, 0.05) is 6.54 Å². The highest BCUT2D eigenvalue weighted by atomic mass is 16.2. The lowest BCUT2D eigenvalue weighted by Crippen LogP contribution is -2.55. The molecule has 1 fully saturated rings. The van der Waals surface area contributed by atoms with Crippen LogP contribution in [0.5, 0.6) is 0 Å². The maximum atomic E-state index is 11.8. The molecule has 3 amide bonds. The van der Waals surface area contributed by atoms with Crippen LogP contribution in [-0.4, -0.2) is 30.7 Å². The molecule has 1 heterocycles. The fourth-order valence-electron chi connectivity index (χ4n) is 1.80. The first-order chi connectivity index (χ1) is 7.99. The van der Waals surface area contributed by atoms with Gasteiger partial charge in [-0.2, -0.15) is 0 Å². The van der Waals surface area contributed by atoms with Crippen molar-refractivity contribution in [1.29, 1.82) is 0 Å². The highest BCUT2D eigenvalue weighted by Gasteiger charge is 2.23. The fourth-order valence-corrected chi connectivity index (χ4v) is 1.80. The van der Waals surface area contributed by atoms with Crippen LogP contribution in [0.4, 0.5) is 4.79 Å². The largest absolute Gasteiger partial charge is 0.354 e. The number of nitrogens with one attached hydrogen (secondary N) is 3. The van der Waals surface area contributed by atoms with Crippen LogP contribution in [0.1, 0.15) is 33.1 Å². The van der Waals surface area contributed by atoms with E-state index >= 15 is 0 Å². The van der Waals surface area contributed by atoms with Gasteiger partial charge in [-0.3, -0.25) is 4.79 Å². The van der Waals surface area contributed by atoms with Crippen molar-refractivity contribution in [3.8, 4) is 0 Å². The van der Waals surface area contributed by atoms with Crippen LogP contribution < -0.4 is 21.7 Å². The first kappa shape index (κ1) is 13.8. The van der Waals surface area contributed by atoms with E-state index in [9.17, 15) is 9.59 Å². The zero-order chi connectivity index (χ0) is 12.8. The van der Waals surface area contributed by atoms with E-state index in [1.165, 1.54) is 0 Å². The molecule has 1 aliphatic rings. The average molecular weight is 242 g/mol. The molecule has 5 N–H and O–H groups in total. The number of hydrogen-bond donors (Lipinski definition) is 4. The molecule has 0 radical (unpaired) electrons. The number of amides is 3. The second-order valence-electron chi connectivity index (χ2n) is 4.84. The standard InChI is InChI=1S/C11H22N4O2/c1-7(2)6-8-10(16)13-5-3-4-9(12)15-11(17)14-8/h7-9H,3-6,12H2,1-2H3,(H,13,16)(H2,14,15,17). The molecule has 0 aromatic heterocycles. The Balaban J connectivity index is 2.64. The van der Waals surface area contributed by atoms with Gasteiger partial charge in [-0.25, -0.2) is 4.79 Å². The lowest BCUT2D eigenvalue weighted by Gasteiger charge is -2.24. The van der Waals surface area contributed by atoms with Crippen LogP contribution in [0, 0.1) is 5.92 Å². The van der Waals surface area contributed by atoms with E-state index in [0.717, 1.165) is 6.42 Å². The molecule has 0 saturated carbocycles. The van der Waals surface area contributed by atoms with E-state index in [0.29, 0.717) is 25.3 Å². The van der Waals surface area contributed by atoms with Gasteiger partial charge in [-0.1, -0.05) is 13.8 Å². The highest BCUT2D eigenvalue weighted by molar-refractivity contribution is 5.87. The second-order valence-corrected chi connectivity index (χ2v) is 4.84. The molecule has 2 atom stereocenters. The lowest BCUT2D eigenvalue weighted by molar-refractivity contribution is -0.123. The summed E-state index contributed by atoms with van der Waals surface area (Å²) in [6.07, 6.45) is 1.68. The summed E-state index contributed by atoms with van der Waals surface area (Å²) in [5, 5.41) is 8.09. The quantitative estimate of drug-likeness (QED) is 0.544. The van der Waals surface area contributed by atoms with E-state index in [1.807, 2.05) is 13.8 Å². The topological polar surface area (TPSA) is 96.2 Å². The molecular formula is C11H22N4O2. The Kier molecular flexibility index (Phi) is 5.21. The van der Waals surface area contributed by atoms with Crippen LogP contribution in [0.15, 0.2) is 0 Å². The van der Waals surface area contributed by atoms with Crippen LogP contribution >= 0.6 is 0 Å². The maximum Gasteiger partial charge on any atom is 0.316 e.